The lowest BCUT2D eigenvalue weighted by molar-refractivity contribution is 0.101. The molecule has 0 N–H and O–H groups in total. The Morgan fingerprint density at radius 2 is 1.72 bits per heavy atom. The fraction of sp³-hybridized carbons (Fsp3) is 0.111. The summed E-state index contributed by atoms with van der Waals surface area (Å²) >= 11 is 0. The minimum absolute atomic E-state index is 0.132. The van der Waals surface area contributed by atoms with E-state index in [2.05, 4.69) is 5.16 Å². The fourth-order valence-corrected chi connectivity index (χ4v) is 3.63. The molecule has 0 bridgehead atoms. The van der Waals surface area contributed by atoms with Crippen LogP contribution in [0.4, 0.5) is 0 Å². The van der Waals surface area contributed by atoms with Gasteiger partial charge in [-0.3, -0.25) is 4.79 Å². The molecule has 5 rings (SSSR count). The number of rotatable bonds is 6. The Morgan fingerprint density at radius 3 is 2.50 bits per heavy atom. The number of nitrogens with zero attached hydrogens (tertiary/aromatic N) is 1. The van der Waals surface area contributed by atoms with Gasteiger partial charge in [-0.2, -0.15) is 0 Å². The second-order valence-corrected chi connectivity index (χ2v) is 7.74. The molecule has 0 fully saturated rings. The number of aromatic nitrogens is 1. The molecule has 2 heterocycles. The summed E-state index contributed by atoms with van der Waals surface area (Å²) in [6.45, 7) is 4.17. The van der Waals surface area contributed by atoms with Gasteiger partial charge >= 0.3 is 0 Å². The summed E-state index contributed by atoms with van der Waals surface area (Å²) in [6.07, 6.45) is 0. The summed E-state index contributed by atoms with van der Waals surface area (Å²) in [5.41, 5.74) is 4.98. The number of benzene rings is 3. The van der Waals surface area contributed by atoms with Crippen LogP contribution in [0.2, 0.25) is 0 Å². The van der Waals surface area contributed by atoms with E-state index in [1.807, 2.05) is 74.5 Å². The van der Waals surface area contributed by atoms with Gasteiger partial charge in [0.1, 0.15) is 23.6 Å². The number of hydrogen-bond acceptors (Lipinski definition) is 5. The highest BCUT2D eigenvalue weighted by molar-refractivity contribution is 6.10. The zero-order valence-corrected chi connectivity index (χ0v) is 17.8. The molecule has 5 nitrogen and oxygen atoms in total. The first-order valence-electron chi connectivity index (χ1n) is 10.4. The highest BCUT2D eigenvalue weighted by Gasteiger charge is 2.19. The third-order valence-electron chi connectivity index (χ3n) is 5.44. The lowest BCUT2D eigenvalue weighted by Crippen LogP contribution is -2.00. The molecule has 5 aromatic rings. The topological polar surface area (TPSA) is 65.5 Å². The molecule has 32 heavy (non-hydrogen) atoms. The van der Waals surface area contributed by atoms with Crippen molar-refractivity contribution in [2.24, 2.45) is 0 Å². The predicted octanol–water partition coefficient (Wildman–Crippen LogP) is 6.51. The van der Waals surface area contributed by atoms with Crippen LogP contribution >= 0.6 is 0 Å². The second kappa shape index (κ2) is 8.19. The molecule has 0 unspecified atom stereocenters. The number of hydrogen-bond donors (Lipinski definition) is 0. The van der Waals surface area contributed by atoms with E-state index in [0.29, 0.717) is 28.4 Å². The number of ether oxygens (including phenoxy) is 1. The Kier molecular flexibility index (Phi) is 5.07. The van der Waals surface area contributed by atoms with Crippen LogP contribution in [0.25, 0.3) is 22.2 Å². The van der Waals surface area contributed by atoms with Gasteiger partial charge in [0.2, 0.25) is 5.78 Å². The molecule has 0 aliphatic heterocycles. The molecule has 0 radical (unpaired) electrons. The van der Waals surface area contributed by atoms with Crippen molar-refractivity contribution < 1.29 is 18.5 Å². The minimum atomic E-state index is -0.132. The van der Waals surface area contributed by atoms with Crippen LogP contribution in [0, 0.1) is 13.8 Å². The summed E-state index contributed by atoms with van der Waals surface area (Å²) in [5.74, 6) is 1.46. The van der Waals surface area contributed by atoms with E-state index >= 15 is 0 Å². The van der Waals surface area contributed by atoms with Gasteiger partial charge in [0.15, 0.2) is 11.5 Å². The number of ketones is 1. The standard InChI is InChI=1S/C27H21NO4/c1-17-8-10-19(11-9-17)24-14-22(32-28-24)16-30-21-12-13-23-18(2)27(31-25(23)15-21)26(29)20-6-4-3-5-7-20/h3-15H,16H2,1-2H3. The lowest BCUT2D eigenvalue weighted by Gasteiger charge is -2.03. The van der Waals surface area contributed by atoms with Crippen LogP contribution in [0.15, 0.2) is 87.8 Å². The van der Waals surface area contributed by atoms with Gasteiger partial charge in [0, 0.05) is 34.2 Å². The van der Waals surface area contributed by atoms with Crippen LogP contribution < -0.4 is 4.74 Å². The first kappa shape index (κ1) is 19.8. The van der Waals surface area contributed by atoms with Crippen molar-refractivity contribution in [3.05, 3.63) is 107 Å². The van der Waals surface area contributed by atoms with Gasteiger partial charge in [0.25, 0.3) is 0 Å². The summed E-state index contributed by atoms with van der Waals surface area (Å²) in [7, 11) is 0. The monoisotopic (exact) mass is 423 g/mol. The van der Waals surface area contributed by atoms with Crippen LogP contribution in [0.5, 0.6) is 5.75 Å². The van der Waals surface area contributed by atoms with Gasteiger partial charge in [-0.25, -0.2) is 0 Å². The number of furan rings is 1. The van der Waals surface area contributed by atoms with Crippen LogP contribution in [0.1, 0.15) is 33.0 Å². The average Bonchev–Trinajstić information content (AvgIpc) is 3.43. The normalized spacial score (nSPS) is 11.1. The molecule has 0 amide bonds. The molecule has 0 saturated carbocycles. The first-order chi connectivity index (χ1) is 15.6. The van der Waals surface area contributed by atoms with E-state index in [1.54, 1.807) is 18.2 Å². The summed E-state index contributed by atoms with van der Waals surface area (Å²) < 4.78 is 17.2. The summed E-state index contributed by atoms with van der Waals surface area (Å²) in [6, 6.07) is 24.7. The van der Waals surface area contributed by atoms with E-state index in [4.69, 9.17) is 13.7 Å². The van der Waals surface area contributed by atoms with Crippen molar-refractivity contribution in [2.75, 3.05) is 0 Å². The minimum Gasteiger partial charge on any atom is -0.485 e. The van der Waals surface area contributed by atoms with Gasteiger partial charge in [-0.15, -0.1) is 0 Å². The van der Waals surface area contributed by atoms with Crippen molar-refractivity contribution in [1.82, 2.24) is 5.16 Å². The summed E-state index contributed by atoms with van der Waals surface area (Å²) in [4.78, 5) is 12.8. The third kappa shape index (κ3) is 3.81. The first-order valence-corrected chi connectivity index (χ1v) is 10.4. The molecule has 0 atom stereocenters. The van der Waals surface area contributed by atoms with Crippen molar-refractivity contribution in [3.63, 3.8) is 0 Å². The van der Waals surface area contributed by atoms with Crippen molar-refractivity contribution in [2.45, 2.75) is 20.5 Å². The molecule has 0 aliphatic rings. The largest absolute Gasteiger partial charge is 0.485 e. The fourth-order valence-electron chi connectivity index (χ4n) is 3.63. The molecule has 3 aromatic carbocycles. The maximum Gasteiger partial charge on any atom is 0.228 e. The molecular weight excluding hydrogens is 402 g/mol. The lowest BCUT2D eigenvalue weighted by atomic mass is 10.0. The Hall–Kier alpha value is -4.12. The van der Waals surface area contributed by atoms with E-state index in [1.165, 1.54) is 5.56 Å². The predicted molar refractivity (Wildman–Crippen MR) is 122 cm³/mol. The van der Waals surface area contributed by atoms with Crippen LogP contribution in [-0.2, 0) is 6.61 Å². The molecule has 158 valence electrons. The van der Waals surface area contributed by atoms with Crippen molar-refractivity contribution in [3.8, 4) is 17.0 Å². The Balaban J connectivity index is 1.33. The highest BCUT2D eigenvalue weighted by Crippen LogP contribution is 2.30. The van der Waals surface area contributed by atoms with E-state index in [-0.39, 0.29) is 12.4 Å². The Labute approximate surface area is 185 Å². The average molecular weight is 423 g/mol. The Morgan fingerprint density at radius 1 is 0.938 bits per heavy atom. The Bertz CT molecular complexity index is 1400. The SMILES string of the molecule is Cc1ccc(-c2cc(COc3ccc4c(C)c(C(=O)c5ccccc5)oc4c3)on2)cc1. The van der Waals surface area contributed by atoms with E-state index in [0.717, 1.165) is 22.2 Å². The van der Waals surface area contributed by atoms with E-state index < -0.39 is 0 Å². The quantitative estimate of drug-likeness (QED) is 0.291. The molecule has 2 aromatic heterocycles. The number of carbonyl (C=O) groups is 1. The van der Waals surface area contributed by atoms with Crippen molar-refractivity contribution in [1.29, 1.82) is 0 Å². The molecule has 0 aliphatic carbocycles. The molecule has 0 spiro atoms. The number of aryl methyl sites for hydroxylation is 2. The van der Waals surface area contributed by atoms with Gasteiger partial charge in [-0.1, -0.05) is 65.3 Å². The highest BCUT2D eigenvalue weighted by atomic mass is 16.5. The van der Waals surface area contributed by atoms with Gasteiger partial charge in [-0.05, 0) is 26.0 Å². The molecule has 0 saturated heterocycles. The van der Waals surface area contributed by atoms with Crippen molar-refractivity contribution >= 4 is 16.8 Å². The van der Waals surface area contributed by atoms with E-state index in [9.17, 15) is 4.79 Å². The second-order valence-electron chi connectivity index (χ2n) is 7.74. The number of carbonyl (C=O) groups excluding carboxylic acids is 1. The maximum atomic E-state index is 12.8. The summed E-state index contributed by atoms with van der Waals surface area (Å²) in [5, 5.41) is 5.02. The molecular formula is C27H21NO4. The smallest absolute Gasteiger partial charge is 0.228 e. The molecule has 5 heteroatoms. The number of fused-ring (bicyclic) bond motifs is 1. The van der Waals surface area contributed by atoms with Crippen LogP contribution in [-0.4, -0.2) is 10.9 Å². The maximum absolute atomic E-state index is 12.8. The van der Waals surface area contributed by atoms with Gasteiger partial charge in [0.05, 0.1) is 0 Å². The van der Waals surface area contributed by atoms with Gasteiger partial charge < -0.3 is 13.7 Å². The zero-order chi connectivity index (χ0) is 22.1. The van der Waals surface area contributed by atoms with Crippen LogP contribution in [0.3, 0.4) is 0 Å². The third-order valence-corrected chi connectivity index (χ3v) is 5.44. The zero-order valence-electron chi connectivity index (χ0n) is 17.8.